The van der Waals surface area contributed by atoms with Crippen LogP contribution in [0.25, 0.3) is 0 Å². The molecule has 0 radical (unpaired) electrons. The van der Waals surface area contributed by atoms with Crippen molar-refractivity contribution in [2.75, 3.05) is 40.4 Å². The first-order valence-electron chi connectivity index (χ1n) is 8.44. The van der Waals surface area contributed by atoms with Crippen molar-refractivity contribution < 1.29 is 19.2 Å². The van der Waals surface area contributed by atoms with Crippen molar-refractivity contribution in [3.05, 3.63) is 27.8 Å². The van der Waals surface area contributed by atoms with Crippen LogP contribution < -0.4 is 14.8 Å². The number of nitro benzene ring substituents is 1. The van der Waals surface area contributed by atoms with Crippen molar-refractivity contribution in [1.29, 1.82) is 0 Å². The average molecular weight is 351 g/mol. The molecule has 8 nitrogen and oxygen atoms in total. The molecule has 1 aliphatic heterocycles. The molecule has 1 saturated heterocycles. The van der Waals surface area contributed by atoms with Gasteiger partial charge in [-0.1, -0.05) is 0 Å². The van der Waals surface area contributed by atoms with Gasteiger partial charge in [0.1, 0.15) is 5.56 Å². The van der Waals surface area contributed by atoms with E-state index >= 15 is 0 Å². The summed E-state index contributed by atoms with van der Waals surface area (Å²) in [5.41, 5.74) is -0.222. The highest BCUT2D eigenvalue weighted by Crippen LogP contribution is 2.35. The van der Waals surface area contributed by atoms with Gasteiger partial charge in [0.15, 0.2) is 11.5 Å². The number of nitrogens with one attached hydrogen (secondary N) is 1. The second-order valence-corrected chi connectivity index (χ2v) is 6.03. The highest BCUT2D eigenvalue weighted by atomic mass is 16.6. The highest BCUT2D eigenvalue weighted by Gasteiger charge is 2.30. The minimum absolute atomic E-state index is 0.0374. The summed E-state index contributed by atoms with van der Waals surface area (Å²) in [6.07, 6.45) is 1.93. The molecule has 1 N–H and O–H groups in total. The summed E-state index contributed by atoms with van der Waals surface area (Å²) >= 11 is 0. The summed E-state index contributed by atoms with van der Waals surface area (Å²) in [6, 6.07) is 2.68. The number of amides is 1. The number of nitrogens with zero attached hydrogens (tertiary/aromatic N) is 2. The first kappa shape index (κ1) is 19.0. The smallest absolute Gasteiger partial charge is 0.286 e. The fourth-order valence-electron chi connectivity index (χ4n) is 3.17. The molecular weight excluding hydrogens is 326 g/mol. The van der Waals surface area contributed by atoms with Gasteiger partial charge in [-0.05, 0) is 39.3 Å². The Labute approximate surface area is 147 Å². The summed E-state index contributed by atoms with van der Waals surface area (Å²) in [5, 5.41) is 14.6. The van der Waals surface area contributed by atoms with Gasteiger partial charge in [0.05, 0.1) is 24.7 Å². The maximum absolute atomic E-state index is 12.9. The normalized spacial score (nSPS) is 17.2. The van der Waals surface area contributed by atoms with Crippen LogP contribution in [-0.4, -0.2) is 56.1 Å². The zero-order valence-electron chi connectivity index (χ0n) is 14.9. The molecule has 0 aliphatic carbocycles. The van der Waals surface area contributed by atoms with Gasteiger partial charge in [0, 0.05) is 19.2 Å². The lowest BCUT2D eigenvalue weighted by Crippen LogP contribution is -2.42. The van der Waals surface area contributed by atoms with Crippen molar-refractivity contribution in [3.8, 4) is 11.5 Å². The lowest BCUT2D eigenvalue weighted by atomic mass is 9.97. The van der Waals surface area contributed by atoms with E-state index in [1.54, 1.807) is 11.8 Å². The molecule has 1 unspecified atom stereocenters. The van der Waals surface area contributed by atoms with E-state index < -0.39 is 4.92 Å². The van der Waals surface area contributed by atoms with E-state index in [4.69, 9.17) is 9.47 Å². The molecule has 0 saturated carbocycles. The fourth-order valence-corrected chi connectivity index (χ4v) is 3.17. The van der Waals surface area contributed by atoms with E-state index in [-0.39, 0.29) is 22.9 Å². The summed E-state index contributed by atoms with van der Waals surface area (Å²) in [5.74, 6) is 0.597. The van der Waals surface area contributed by atoms with Crippen molar-refractivity contribution >= 4 is 11.6 Å². The van der Waals surface area contributed by atoms with Crippen LogP contribution in [0.3, 0.4) is 0 Å². The van der Waals surface area contributed by atoms with Crippen LogP contribution in [0.5, 0.6) is 11.5 Å². The number of carbonyl (C=O) groups excluding carboxylic acids is 1. The average Bonchev–Trinajstić information content (AvgIpc) is 2.61. The third-order valence-corrected chi connectivity index (χ3v) is 4.31. The zero-order chi connectivity index (χ0) is 18.4. The second kappa shape index (κ2) is 8.66. The molecule has 1 fully saturated rings. The molecule has 138 valence electrons. The lowest BCUT2D eigenvalue weighted by molar-refractivity contribution is -0.385. The molecule has 1 amide bonds. The van der Waals surface area contributed by atoms with Crippen LogP contribution in [0.2, 0.25) is 0 Å². The first-order chi connectivity index (χ1) is 12.0. The van der Waals surface area contributed by atoms with Crippen LogP contribution in [0.4, 0.5) is 5.69 Å². The number of hydrogen-bond acceptors (Lipinski definition) is 6. The second-order valence-electron chi connectivity index (χ2n) is 6.03. The Kier molecular flexibility index (Phi) is 6.58. The maximum Gasteiger partial charge on any atom is 0.286 e. The number of methoxy groups -OCH3 is 1. The van der Waals surface area contributed by atoms with Crippen LogP contribution in [-0.2, 0) is 0 Å². The van der Waals surface area contributed by atoms with Gasteiger partial charge in [0.25, 0.3) is 11.6 Å². The van der Waals surface area contributed by atoms with Crippen LogP contribution >= 0.6 is 0 Å². The lowest BCUT2D eigenvalue weighted by Gasteiger charge is -2.32. The minimum atomic E-state index is -0.551. The van der Waals surface area contributed by atoms with Crippen molar-refractivity contribution in [1.82, 2.24) is 10.2 Å². The standard InChI is InChI=1S/C17H25N3O5/c1-4-25-16-9-14(20(22)23)13(8-15(16)24-3)17(21)19-7-5-6-12(11-19)10-18-2/h8-9,12,18H,4-7,10-11H2,1-3H3. The van der Waals surface area contributed by atoms with Crippen molar-refractivity contribution in [2.45, 2.75) is 19.8 Å². The SMILES string of the molecule is CCOc1cc([N+](=O)[O-])c(C(=O)N2CCCC(CNC)C2)cc1OC. The topological polar surface area (TPSA) is 93.9 Å². The van der Waals surface area contributed by atoms with Crippen LogP contribution in [0, 0.1) is 16.0 Å². The molecule has 1 aromatic rings. The van der Waals surface area contributed by atoms with Gasteiger partial charge in [-0.3, -0.25) is 14.9 Å². The third-order valence-electron chi connectivity index (χ3n) is 4.31. The monoisotopic (exact) mass is 351 g/mol. The van der Waals surface area contributed by atoms with Gasteiger partial charge < -0.3 is 19.7 Å². The molecule has 1 aliphatic rings. The van der Waals surface area contributed by atoms with Gasteiger partial charge >= 0.3 is 0 Å². The van der Waals surface area contributed by atoms with Crippen molar-refractivity contribution in [3.63, 3.8) is 0 Å². The largest absolute Gasteiger partial charge is 0.493 e. The van der Waals surface area contributed by atoms with Crippen molar-refractivity contribution in [2.24, 2.45) is 5.92 Å². The molecule has 2 rings (SSSR count). The third kappa shape index (κ3) is 4.39. The van der Waals surface area contributed by atoms with E-state index in [0.717, 1.165) is 19.4 Å². The first-order valence-corrected chi connectivity index (χ1v) is 8.44. The molecule has 1 atom stereocenters. The van der Waals surface area contributed by atoms with Gasteiger partial charge in [-0.25, -0.2) is 0 Å². The van der Waals surface area contributed by atoms with E-state index in [1.807, 2.05) is 7.05 Å². The highest BCUT2D eigenvalue weighted by molar-refractivity contribution is 5.99. The summed E-state index contributed by atoms with van der Waals surface area (Å²) in [6.45, 7) is 4.13. The van der Waals surface area contributed by atoms with Crippen LogP contribution in [0.1, 0.15) is 30.1 Å². The Morgan fingerprint density at radius 2 is 2.20 bits per heavy atom. The Morgan fingerprint density at radius 1 is 1.44 bits per heavy atom. The number of rotatable bonds is 7. The number of nitro groups is 1. The number of ether oxygens (including phenoxy) is 2. The number of piperidine rings is 1. The Balaban J connectivity index is 2.35. The predicted octanol–water partition coefficient (Wildman–Crippen LogP) is 2.07. The maximum atomic E-state index is 12.9. The quantitative estimate of drug-likeness (QED) is 0.597. The molecule has 25 heavy (non-hydrogen) atoms. The minimum Gasteiger partial charge on any atom is -0.493 e. The van der Waals surface area contributed by atoms with Crippen LogP contribution in [0.15, 0.2) is 12.1 Å². The van der Waals surface area contributed by atoms with E-state index in [2.05, 4.69) is 5.32 Å². The van der Waals surface area contributed by atoms with E-state index in [1.165, 1.54) is 19.2 Å². The molecule has 0 bridgehead atoms. The van der Waals surface area contributed by atoms with E-state index in [9.17, 15) is 14.9 Å². The van der Waals surface area contributed by atoms with Gasteiger partial charge in [-0.2, -0.15) is 0 Å². The fraction of sp³-hybridized carbons (Fsp3) is 0.588. The molecule has 0 spiro atoms. The number of hydrogen-bond donors (Lipinski definition) is 1. The van der Waals surface area contributed by atoms with E-state index in [0.29, 0.717) is 31.4 Å². The molecule has 1 heterocycles. The predicted molar refractivity (Wildman–Crippen MR) is 93.4 cm³/mol. The summed E-state index contributed by atoms with van der Waals surface area (Å²) < 4.78 is 10.6. The van der Waals surface area contributed by atoms with Gasteiger partial charge in [-0.15, -0.1) is 0 Å². The molecule has 8 heteroatoms. The molecule has 0 aromatic heterocycles. The number of benzene rings is 1. The Hall–Kier alpha value is -2.35. The molecule has 1 aromatic carbocycles. The number of likely N-dealkylation sites (tertiary alicyclic amines) is 1. The number of carbonyl (C=O) groups is 1. The van der Waals surface area contributed by atoms with Gasteiger partial charge in [0.2, 0.25) is 0 Å². The summed E-state index contributed by atoms with van der Waals surface area (Å²) in [4.78, 5) is 25.5. The molecular formula is C17H25N3O5. The Morgan fingerprint density at radius 3 is 2.80 bits per heavy atom. The summed E-state index contributed by atoms with van der Waals surface area (Å²) in [7, 11) is 3.32. The zero-order valence-corrected chi connectivity index (χ0v) is 14.9. The Bertz CT molecular complexity index is 633.